The maximum absolute atomic E-state index is 12.2. The Morgan fingerprint density at radius 2 is 1.57 bits per heavy atom. The number of alkyl carbamates (subject to hydrolysis) is 1. The molecule has 0 bridgehead atoms. The van der Waals surface area contributed by atoms with Gasteiger partial charge in [0.05, 0.1) is 0 Å². The van der Waals surface area contributed by atoms with Crippen molar-refractivity contribution in [1.82, 2.24) is 5.32 Å². The van der Waals surface area contributed by atoms with Crippen molar-refractivity contribution in [2.45, 2.75) is 12.3 Å². The highest BCUT2D eigenvalue weighted by atomic mass is 16.5. The van der Waals surface area contributed by atoms with Crippen LogP contribution in [0, 0.1) is 0 Å². The Morgan fingerprint density at radius 1 is 0.933 bits per heavy atom. The third kappa shape index (κ3) is 4.44. The fourth-order valence-corrected chi connectivity index (χ4v) is 3.95. The number of carbonyl (C=O) groups excluding carboxylic acids is 1. The Balaban J connectivity index is 1.29. The molecule has 1 amide bonds. The molecule has 0 saturated heterocycles. The van der Waals surface area contributed by atoms with Crippen LogP contribution in [0.1, 0.15) is 28.2 Å². The maximum atomic E-state index is 12.2. The first kappa shape index (κ1) is 19.9. The summed E-state index contributed by atoms with van der Waals surface area (Å²) in [4.78, 5) is 12.2. The molecule has 4 rings (SSSR count). The van der Waals surface area contributed by atoms with Gasteiger partial charge in [-0.05, 0) is 46.3 Å². The number of carbonyl (C=O) groups is 1. The highest BCUT2D eigenvalue weighted by Crippen LogP contribution is 2.44. The van der Waals surface area contributed by atoms with E-state index in [1.54, 1.807) is 0 Å². The first-order chi connectivity index (χ1) is 14.8. The number of benzene rings is 3. The van der Waals surface area contributed by atoms with Gasteiger partial charge in [0.25, 0.3) is 0 Å². The number of ether oxygens (including phenoxy) is 1. The summed E-state index contributed by atoms with van der Waals surface area (Å²) < 4.78 is 5.54. The van der Waals surface area contributed by atoms with Crippen LogP contribution in [0.25, 0.3) is 17.2 Å². The summed E-state index contributed by atoms with van der Waals surface area (Å²) in [5.74, 6) is 0.0747. The molecule has 152 valence electrons. The molecule has 0 spiro atoms. The molecule has 0 fully saturated rings. The normalized spacial score (nSPS) is 12.6. The molecule has 1 aliphatic carbocycles. The maximum Gasteiger partial charge on any atom is 0.407 e. The average molecular weight is 399 g/mol. The lowest BCUT2D eigenvalue weighted by Crippen LogP contribution is -2.26. The lowest BCUT2D eigenvalue weighted by molar-refractivity contribution is 0.144. The second-order valence-corrected chi connectivity index (χ2v) is 7.39. The Morgan fingerprint density at radius 3 is 2.20 bits per heavy atom. The van der Waals surface area contributed by atoms with Crippen molar-refractivity contribution >= 4 is 12.2 Å². The van der Waals surface area contributed by atoms with Crippen LogP contribution in [-0.2, 0) is 11.2 Å². The van der Waals surface area contributed by atoms with Crippen LogP contribution in [0.3, 0.4) is 0 Å². The molecule has 0 heterocycles. The number of amides is 1. The zero-order chi connectivity index (χ0) is 20.8. The van der Waals surface area contributed by atoms with E-state index in [0.29, 0.717) is 19.7 Å². The van der Waals surface area contributed by atoms with E-state index in [1.807, 2.05) is 36.4 Å². The van der Waals surface area contributed by atoms with Crippen molar-refractivity contribution in [2.24, 2.45) is 5.73 Å². The molecule has 1 aliphatic rings. The Labute approximate surface area is 177 Å². The van der Waals surface area contributed by atoms with E-state index in [9.17, 15) is 4.79 Å². The number of nitrogens with two attached hydrogens (primary N) is 1. The Hall–Kier alpha value is -3.37. The molecule has 3 N–H and O–H groups in total. The minimum absolute atomic E-state index is 0.0747. The van der Waals surface area contributed by atoms with Gasteiger partial charge in [0.15, 0.2) is 0 Å². The quantitative estimate of drug-likeness (QED) is 0.604. The van der Waals surface area contributed by atoms with Gasteiger partial charge in [0, 0.05) is 12.5 Å². The first-order valence-electron chi connectivity index (χ1n) is 10.3. The SMILES string of the molecule is NCCc1ccc(C=CCNC(=O)OCC2c3ccccc3-c3ccccc32)cc1. The van der Waals surface area contributed by atoms with Crippen LogP contribution in [0.15, 0.2) is 78.9 Å². The molecule has 30 heavy (non-hydrogen) atoms. The van der Waals surface area contributed by atoms with Crippen molar-refractivity contribution in [3.05, 3.63) is 101 Å². The summed E-state index contributed by atoms with van der Waals surface area (Å²) in [6.07, 6.45) is 4.38. The first-order valence-corrected chi connectivity index (χ1v) is 10.3. The van der Waals surface area contributed by atoms with Gasteiger partial charge in [-0.25, -0.2) is 4.79 Å². The second-order valence-electron chi connectivity index (χ2n) is 7.39. The fourth-order valence-electron chi connectivity index (χ4n) is 3.95. The van der Waals surface area contributed by atoms with E-state index in [1.165, 1.54) is 27.8 Å². The third-order valence-electron chi connectivity index (χ3n) is 5.43. The van der Waals surface area contributed by atoms with Crippen molar-refractivity contribution in [3.63, 3.8) is 0 Å². The topological polar surface area (TPSA) is 64.3 Å². The largest absolute Gasteiger partial charge is 0.449 e. The van der Waals surface area contributed by atoms with Crippen molar-refractivity contribution in [1.29, 1.82) is 0 Å². The number of hydrogen-bond donors (Lipinski definition) is 2. The Bertz CT molecular complexity index is 995. The smallest absolute Gasteiger partial charge is 0.407 e. The van der Waals surface area contributed by atoms with Gasteiger partial charge >= 0.3 is 6.09 Å². The summed E-state index contributed by atoms with van der Waals surface area (Å²) in [6.45, 7) is 1.40. The summed E-state index contributed by atoms with van der Waals surface area (Å²) in [7, 11) is 0. The standard InChI is InChI=1S/C26H26N2O2/c27-16-15-20-13-11-19(12-14-20)6-5-17-28-26(29)30-18-25-23-9-3-1-7-21(23)22-8-2-4-10-24(22)25/h1-14,25H,15-18,27H2,(H,28,29). The van der Waals surface area contributed by atoms with Gasteiger partial charge in [-0.1, -0.05) is 84.9 Å². The lowest BCUT2D eigenvalue weighted by Gasteiger charge is -2.14. The zero-order valence-corrected chi connectivity index (χ0v) is 16.9. The number of hydrogen-bond acceptors (Lipinski definition) is 3. The van der Waals surface area contributed by atoms with Gasteiger partial charge in [-0.15, -0.1) is 0 Å². The molecule has 0 unspecified atom stereocenters. The molecule has 4 heteroatoms. The van der Waals surface area contributed by atoms with Crippen LogP contribution in [0.2, 0.25) is 0 Å². The highest BCUT2D eigenvalue weighted by Gasteiger charge is 2.28. The van der Waals surface area contributed by atoms with Crippen LogP contribution in [0.5, 0.6) is 0 Å². The minimum Gasteiger partial charge on any atom is -0.449 e. The van der Waals surface area contributed by atoms with Crippen LogP contribution in [0.4, 0.5) is 4.79 Å². The lowest BCUT2D eigenvalue weighted by atomic mass is 9.98. The van der Waals surface area contributed by atoms with Crippen LogP contribution < -0.4 is 11.1 Å². The monoisotopic (exact) mass is 398 g/mol. The fraction of sp³-hybridized carbons (Fsp3) is 0.192. The molecular weight excluding hydrogens is 372 g/mol. The third-order valence-corrected chi connectivity index (χ3v) is 5.43. The molecule has 0 atom stereocenters. The van der Waals surface area contributed by atoms with Crippen molar-refractivity contribution in [3.8, 4) is 11.1 Å². The molecule has 0 radical (unpaired) electrons. The van der Waals surface area contributed by atoms with E-state index in [0.717, 1.165) is 12.0 Å². The van der Waals surface area contributed by atoms with E-state index < -0.39 is 6.09 Å². The minimum atomic E-state index is -0.403. The van der Waals surface area contributed by atoms with Crippen molar-refractivity contribution in [2.75, 3.05) is 19.7 Å². The van der Waals surface area contributed by atoms with Crippen LogP contribution >= 0.6 is 0 Å². The van der Waals surface area contributed by atoms with Crippen LogP contribution in [-0.4, -0.2) is 25.8 Å². The summed E-state index contributed by atoms with van der Waals surface area (Å²) in [6, 6.07) is 24.9. The predicted octanol–water partition coefficient (Wildman–Crippen LogP) is 4.74. The summed E-state index contributed by atoms with van der Waals surface area (Å²) in [5.41, 5.74) is 12.8. The van der Waals surface area contributed by atoms with Gasteiger partial charge in [0.2, 0.25) is 0 Å². The second kappa shape index (κ2) is 9.42. The number of rotatable bonds is 7. The molecule has 0 saturated carbocycles. The molecule has 3 aromatic rings. The molecular formula is C26H26N2O2. The molecule has 0 aliphatic heterocycles. The molecule has 0 aromatic heterocycles. The van der Waals surface area contributed by atoms with Crippen molar-refractivity contribution < 1.29 is 9.53 Å². The van der Waals surface area contributed by atoms with Gasteiger partial charge in [0.1, 0.15) is 6.61 Å². The van der Waals surface area contributed by atoms with Gasteiger partial charge in [-0.3, -0.25) is 0 Å². The van der Waals surface area contributed by atoms with Gasteiger partial charge < -0.3 is 15.8 Å². The van der Waals surface area contributed by atoms with E-state index in [-0.39, 0.29) is 5.92 Å². The number of nitrogens with one attached hydrogen (secondary N) is 1. The van der Waals surface area contributed by atoms with E-state index >= 15 is 0 Å². The average Bonchev–Trinajstić information content (AvgIpc) is 3.10. The highest BCUT2D eigenvalue weighted by molar-refractivity contribution is 5.79. The molecule has 3 aromatic carbocycles. The van der Waals surface area contributed by atoms with Gasteiger partial charge in [-0.2, -0.15) is 0 Å². The van der Waals surface area contributed by atoms with E-state index in [2.05, 4.69) is 53.8 Å². The zero-order valence-electron chi connectivity index (χ0n) is 16.9. The molecule has 4 nitrogen and oxygen atoms in total. The van der Waals surface area contributed by atoms with E-state index in [4.69, 9.17) is 10.5 Å². The Kier molecular flexibility index (Phi) is 6.26. The summed E-state index contributed by atoms with van der Waals surface area (Å²) in [5, 5.41) is 2.79. The number of fused-ring (bicyclic) bond motifs is 3. The predicted molar refractivity (Wildman–Crippen MR) is 121 cm³/mol. The summed E-state index contributed by atoms with van der Waals surface area (Å²) >= 11 is 0.